The minimum Gasteiger partial charge on any atom is -0.481 e. The van der Waals surface area contributed by atoms with Crippen molar-refractivity contribution in [2.75, 3.05) is 39.8 Å². The van der Waals surface area contributed by atoms with Crippen molar-refractivity contribution in [1.82, 2.24) is 15.1 Å². The number of piperidine rings is 1. The van der Waals surface area contributed by atoms with Crippen molar-refractivity contribution in [2.45, 2.75) is 19.3 Å². The third-order valence-electron chi connectivity index (χ3n) is 4.09. The Kier molecular flexibility index (Phi) is 4.63. The van der Waals surface area contributed by atoms with E-state index < -0.39 is 11.9 Å². The van der Waals surface area contributed by atoms with Gasteiger partial charge in [0.1, 0.15) is 0 Å². The maximum atomic E-state index is 11.9. The summed E-state index contributed by atoms with van der Waals surface area (Å²) in [5, 5.41) is 11.9. The van der Waals surface area contributed by atoms with Crippen LogP contribution in [0.25, 0.3) is 0 Å². The van der Waals surface area contributed by atoms with Crippen LogP contribution in [0.1, 0.15) is 19.3 Å². The number of hydrogen-bond donors (Lipinski definition) is 2. The highest BCUT2D eigenvalue weighted by Gasteiger charge is 2.31. The SMILES string of the molecule is CN1CCCC(CNC(=O)N2CCC(C(=O)O)C2)C1. The lowest BCUT2D eigenvalue weighted by Gasteiger charge is -2.30. The number of carbonyl (C=O) groups excluding carboxylic acids is 1. The molecule has 6 nitrogen and oxygen atoms in total. The first-order valence-electron chi connectivity index (χ1n) is 7.00. The van der Waals surface area contributed by atoms with E-state index in [0.717, 1.165) is 19.5 Å². The molecule has 0 spiro atoms. The van der Waals surface area contributed by atoms with E-state index in [1.54, 1.807) is 4.90 Å². The molecule has 108 valence electrons. The van der Waals surface area contributed by atoms with Crippen LogP contribution in [0.4, 0.5) is 4.79 Å². The smallest absolute Gasteiger partial charge is 0.317 e. The molecule has 2 amide bonds. The van der Waals surface area contributed by atoms with Crippen LogP contribution in [0.2, 0.25) is 0 Å². The quantitative estimate of drug-likeness (QED) is 0.780. The molecule has 2 N–H and O–H groups in total. The molecule has 2 saturated heterocycles. The van der Waals surface area contributed by atoms with E-state index in [9.17, 15) is 9.59 Å². The Morgan fingerprint density at radius 1 is 1.26 bits per heavy atom. The number of nitrogens with one attached hydrogen (secondary N) is 1. The molecule has 2 fully saturated rings. The number of aliphatic carboxylic acids is 1. The summed E-state index contributed by atoms with van der Waals surface area (Å²) in [6.45, 7) is 3.74. The molecule has 2 aliphatic heterocycles. The normalized spacial score (nSPS) is 28.4. The topological polar surface area (TPSA) is 72.9 Å². The number of rotatable bonds is 3. The van der Waals surface area contributed by atoms with Gasteiger partial charge in [-0.3, -0.25) is 4.79 Å². The molecule has 0 aromatic heterocycles. The molecule has 0 aromatic rings. The van der Waals surface area contributed by atoms with Crippen molar-refractivity contribution in [3.05, 3.63) is 0 Å². The summed E-state index contributed by atoms with van der Waals surface area (Å²) in [6.07, 6.45) is 2.90. The summed E-state index contributed by atoms with van der Waals surface area (Å²) < 4.78 is 0. The van der Waals surface area contributed by atoms with Gasteiger partial charge in [-0.15, -0.1) is 0 Å². The summed E-state index contributed by atoms with van der Waals surface area (Å²) in [4.78, 5) is 26.7. The minimum atomic E-state index is -0.802. The molecule has 2 rings (SSSR count). The van der Waals surface area contributed by atoms with E-state index in [4.69, 9.17) is 5.11 Å². The highest BCUT2D eigenvalue weighted by Crippen LogP contribution is 2.17. The molecule has 2 unspecified atom stereocenters. The second-order valence-corrected chi connectivity index (χ2v) is 5.73. The summed E-state index contributed by atoms with van der Waals surface area (Å²) in [5.41, 5.74) is 0. The van der Waals surface area contributed by atoms with Gasteiger partial charge in [0.05, 0.1) is 5.92 Å². The van der Waals surface area contributed by atoms with Crippen molar-refractivity contribution < 1.29 is 14.7 Å². The third kappa shape index (κ3) is 3.83. The van der Waals surface area contributed by atoms with Crippen molar-refractivity contribution in [1.29, 1.82) is 0 Å². The van der Waals surface area contributed by atoms with Gasteiger partial charge in [-0.05, 0) is 38.8 Å². The number of hydrogen-bond acceptors (Lipinski definition) is 3. The lowest BCUT2D eigenvalue weighted by molar-refractivity contribution is -0.141. The molecular formula is C13H23N3O3. The molecule has 0 aliphatic carbocycles. The largest absolute Gasteiger partial charge is 0.481 e. The van der Waals surface area contributed by atoms with Crippen LogP contribution in [-0.2, 0) is 4.79 Å². The van der Waals surface area contributed by atoms with E-state index in [1.165, 1.54) is 6.42 Å². The molecule has 2 atom stereocenters. The molecule has 6 heteroatoms. The first-order chi connectivity index (χ1) is 9.06. The fourth-order valence-electron chi connectivity index (χ4n) is 2.93. The van der Waals surface area contributed by atoms with E-state index >= 15 is 0 Å². The molecule has 2 aliphatic rings. The zero-order chi connectivity index (χ0) is 13.8. The Balaban J connectivity index is 1.71. The number of carboxylic acid groups (broad SMARTS) is 1. The van der Waals surface area contributed by atoms with Crippen LogP contribution in [0.3, 0.4) is 0 Å². The summed E-state index contributed by atoms with van der Waals surface area (Å²) in [5.74, 6) is -0.684. The Morgan fingerprint density at radius 3 is 2.68 bits per heavy atom. The second kappa shape index (κ2) is 6.23. The van der Waals surface area contributed by atoms with E-state index in [-0.39, 0.29) is 6.03 Å². The maximum Gasteiger partial charge on any atom is 0.317 e. The zero-order valence-electron chi connectivity index (χ0n) is 11.5. The van der Waals surface area contributed by atoms with Crippen molar-refractivity contribution in [3.63, 3.8) is 0 Å². The zero-order valence-corrected chi connectivity index (χ0v) is 11.5. The van der Waals surface area contributed by atoms with E-state index in [0.29, 0.717) is 32.0 Å². The average molecular weight is 269 g/mol. The first kappa shape index (κ1) is 14.1. The molecule has 0 aromatic carbocycles. The van der Waals surface area contributed by atoms with Crippen molar-refractivity contribution in [2.24, 2.45) is 11.8 Å². The van der Waals surface area contributed by atoms with Crippen LogP contribution in [-0.4, -0.2) is 66.7 Å². The van der Waals surface area contributed by atoms with Crippen LogP contribution < -0.4 is 5.32 Å². The monoisotopic (exact) mass is 269 g/mol. The molecule has 0 bridgehead atoms. The molecule has 0 radical (unpaired) electrons. The number of carbonyl (C=O) groups is 2. The van der Waals surface area contributed by atoms with Gasteiger partial charge in [-0.2, -0.15) is 0 Å². The summed E-state index contributed by atoms with van der Waals surface area (Å²) in [7, 11) is 2.10. The van der Waals surface area contributed by atoms with Crippen LogP contribution in [0.15, 0.2) is 0 Å². The van der Waals surface area contributed by atoms with E-state index in [1.807, 2.05) is 0 Å². The van der Waals surface area contributed by atoms with Crippen molar-refractivity contribution in [3.8, 4) is 0 Å². The molecule has 0 saturated carbocycles. The molecular weight excluding hydrogens is 246 g/mol. The predicted octanol–water partition coefficient (Wildman–Crippen LogP) is 0.444. The van der Waals surface area contributed by atoms with E-state index in [2.05, 4.69) is 17.3 Å². The lowest BCUT2D eigenvalue weighted by Crippen LogP contribution is -2.44. The number of carboxylic acids is 1. The summed E-state index contributed by atoms with van der Waals surface area (Å²) in [6, 6.07) is -0.114. The number of likely N-dealkylation sites (tertiary alicyclic amines) is 2. The van der Waals surface area contributed by atoms with Crippen LogP contribution in [0, 0.1) is 11.8 Å². The van der Waals surface area contributed by atoms with Crippen molar-refractivity contribution >= 4 is 12.0 Å². The van der Waals surface area contributed by atoms with Gasteiger partial charge in [-0.1, -0.05) is 0 Å². The first-order valence-corrected chi connectivity index (χ1v) is 7.00. The number of amides is 2. The lowest BCUT2D eigenvalue weighted by atomic mass is 9.99. The van der Waals surface area contributed by atoms with Gasteiger partial charge in [0.15, 0.2) is 0 Å². The minimum absolute atomic E-state index is 0.114. The van der Waals surface area contributed by atoms with Gasteiger partial charge < -0.3 is 20.2 Å². The third-order valence-corrected chi connectivity index (χ3v) is 4.09. The molecule has 2 heterocycles. The van der Waals surface area contributed by atoms with Gasteiger partial charge in [0.25, 0.3) is 0 Å². The second-order valence-electron chi connectivity index (χ2n) is 5.73. The molecule has 19 heavy (non-hydrogen) atoms. The fraction of sp³-hybridized carbons (Fsp3) is 0.846. The van der Waals surface area contributed by atoms with Gasteiger partial charge >= 0.3 is 12.0 Å². The van der Waals surface area contributed by atoms with Crippen LogP contribution >= 0.6 is 0 Å². The Hall–Kier alpha value is -1.30. The summed E-state index contributed by atoms with van der Waals surface area (Å²) >= 11 is 0. The highest BCUT2D eigenvalue weighted by molar-refractivity contribution is 5.77. The Morgan fingerprint density at radius 2 is 2.05 bits per heavy atom. The standard InChI is InChI=1S/C13H23N3O3/c1-15-5-2-3-10(8-15)7-14-13(19)16-6-4-11(9-16)12(17)18/h10-11H,2-9H2,1H3,(H,14,19)(H,17,18). The number of urea groups is 1. The number of nitrogens with zero attached hydrogens (tertiary/aromatic N) is 2. The fourth-order valence-corrected chi connectivity index (χ4v) is 2.93. The Bertz CT molecular complexity index is 348. The van der Waals surface area contributed by atoms with Crippen LogP contribution in [0.5, 0.6) is 0 Å². The van der Waals surface area contributed by atoms with Gasteiger partial charge in [0.2, 0.25) is 0 Å². The van der Waals surface area contributed by atoms with Gasteiger partial charge in [-0.25, -0.2) is 4.79 Å². The maximum absolute atomic E-state index is 11.9. The Labute approximate surface area is 113 Å². The average Bonchev–Trinajstić information content (AvgIpc) is 2.86. The highest BCUT2D eigenvalue weighted by atomic mass is 16.4. The van der Waals surface area contributed by atoms with Gasteiger partial charge in [0, 0.05) is 26.2 Å². The predicted molar refractivity (Wildman–Crippen MR) is 70.9 cm³/mol.